The van der Waals surface area contributed by atoms with Crippen molar-refractivity contribution in [2.24, 2.45) is 5.92 Å². The number of carbonyl (C=O) groups is 1. The zero-order chi connectivity index (χ0) is 14.4. The summed E-state index contributed by atoms with van der Waals surface area (Å²) in [6, 6.07) is 0.410. The average Bonchev–Trinajstić information content (AvgIpc) is 2.95. The molecular formula is C14H25N5O. The highest BCUT2D eigenvalue weighted by Crippen LogP contribution is 2.17. The van der Waals surface area contributed by atoms with E-state index in [4.69, 9.17) is 0 Å². The molecule has 2 heterocycles. The fourth-order valence-electron chi connectivity index (χ4n) is 2.67. The molecule has 0 unspecified atom stereocenters. The fourth-order valence-corrected chi connectivity index (χ4v) is 2.67. The number of carbonyl (C=O) groups excluding carboxylic acids is 1. The van der Waals surface area contributed by atoms with Gasteiger partial charge in [0.2, 0.25) is 5.91 Å². The molecule has 0 aromatic carbocycles. The van der Waals surface area contributed by atoms with Gasteiger partial charge in [0, 0.05) is 25.6 Å². The van der Waals surface area contributed by atoms with Gasteiger partial charge in [0.05, 0.1) is 6.54 Å². The highest BCUT2D eigenvalue weighted by Gasteiger charge is 2.20. The molecule has 0 spiro atoms. The van der Waals surface area contributed by atoms with Crippen LogP contribution in [0.15, 0.2) is 12.7 Å². The normalized spacial score (nSPS) is 21.6. The van der Waals surface area contributed by atoms with E-state index in [1.54, 1.807) is 11.0 Å². The predicted molar refractivity (Wildman–Crippen MR) is 77.1 cm³/mol. The van der Waals surface area contributed by atoms with Crippen molar-refractivity contribution in [3.8, 4) is 0 Å². The molecule has 6 nitrogen and oxygen atoms in total. The monoisotopic (exact) mass is 279 g/mol. The van der Waals surface area contributed by atoms with Gasteiger partial charge >= 0.3 is 0 Å². The van der Waals surface area contributed by atoms with Crippen LogP contribution in [0.5, 0.6) is 0 Å². The van der Waals surface area contributed by atoms with Crippen LogP contribution < -0.4 is 5.32 Å². The van der Waals surface area contributed by atoms with Crippen LogP contribution in [0.4, 0.5) is 0 Å². The SMILES string of the molecule is C[C@@H]1CCCN([C@@H](C)CNC(=O)CCn2cncn2)C1. The molecule has 0 radical (unpaired) electrons. The maximum Gasteiger partial charge on any atom is 0.221 e. The third kappa shape index (κ3) is 4.59. The van der Waals surface area contributed by atoms with Crippen LogP contribution in [0.1, 0.15) is 33.1 Å². The quantitative estimate of drug-likeness (QED) is 0.840. The molecule has 0 bridgehead atoms. The summed E-state index contributed by atoms with van der Waals surface area (Å²) in [6.07, 6.45) is 6.16. The lowest BCUT2D eigenvalue weighted by atomic mass is 9.99. The van der Waals surface area contributed by atoms with Gasteiger partial charge in [0.15, 0.2) is 0 Å². The highest BCUT2D eigenvalue weighted by atomic mass is 16.1. The van der Waals surface area contributed by atoms with Crippen LogP contribution in [0.2, 0.25) is 0 Å². The molecule has 1 fully saturated rings. The van der Waals surface area contributed by atoms with E-state index in [9.17, 15) is 4.79 Å². The predicted octanol–water partition coefficient (Wildman–Crippen LogP) is 0.905. The number of hydrogen-bond acceptors (Lipinski definition) is 4. The number of piperidine rings is 1. The molecule has 1 N–H and O–H groups in total. The van der Waals surface area contributed by atoms with E-state index >= 15 is 0 Å². The number of aromatic nitrogens is 3. The second-order valence-electron chi connectivity index (χ2n) is 5.80. The summed E-state index contributed by atoms with van der Waals surface area (Å²) in [5.74, 6) is 0.853. The summed E-state index contributed by atoms with van der Waals surface area (Å²) in [7, 11) is 0. The van der Waals surface area contributed by atoms with E-state index in [2.05, 4.69) is 34.1 Å². The lowest BCUT2D eigenvalue weighted by Gasteiger charge is -2.35. The minimum absolute atomic E-state index is 0.0809. The summed E-state index contributed by atoms with van der Waals surface area (Å²) >= 11 is 0. The highest BCUT2D eigenvalue weighted by molar-refractivity contribution is 5.75. The molecule has 0 aliphatic carbocycles. The number of rotatable bonds is 6. The molecule has 1 aromatic rings. The maximum atomic E-state index is 11.8. The van der Waals surface area contributed by atoms with Crippen LogP contribution in [0, 0.1) is 5.92 Å². The number of aryl methyl sites for hydroxylation is 1. The Kier molecular flexibility index (Phi) is 5.52. The molecule has 2 atom stereocenters. The van der Waals surface area contributed by atoms with Gasteiger partial charge in [0.1, 0.15) is 12.7 Å². The molecule has 6 heteroatoms. The van der Waals surface area contributed by atoms with Gasteiger partial charge in [0.25, 0.3) is 0 Å². The molecule has 1 aliphatic rings. The average molecular weight is 279 g/mol. The molecule has 1 aromatic heterocycles. The van der Waals surface area contributed by atoms with Gasteiger partial charge in [-0.25, -0.2) is 4.98 Å². The lowest BCUT2D eigenvalue weighted by molar-refractivity contribution is -0.121. The Morgan fingerprint density at radius 3 is 3.10 bits per heavy atom. The Labute approximate surface area is 120 Å². The fraction of sp³-hybridized carbons (Fsp3) is 0.786. The smallest absolute Gasteiger partial charge is 0.221 e. The van der Waals surface area contributed by atoms with E-state index in [1.165, 1.54) is 19.2 Å². The van der Waals surface area contributed by atoms with Crippen LogP contribution >= 0.6 is 0 Å². The van der Waals surface area contributed by atoms with Crippen molar-refractivity contribution in [2.75, 3.05) is 19.6 Å². The van der Waals surface area contributed by atoms with Crippen molar-refractivity contribution < 1.29 is 4.79 Å². The van der Waals surface area contributed by atoms with Gasteiger partial charge in [-0.05, 0) is 32.2 Å². The molecule has 1 amide bonds. The van der Waals surface area contributed by atoms with Crippen molar-refractivity contribution in [3.63, 3.8) is 0 Å². The largest absolute Gasteiger partial charge is 0.354 e. The molecule has 2 rings (SSSR count). The number of nitrogens with zero attached hydrogens (tertiary/aromatic N) is 4. The summed E-state index contributed by atoms with van der Waals surface area (Å²) in [5, 5.41) is 7.00. The van der Waals surface area contributed by atoms with E-state index in [0.29, 0.717) is 19.0 Å². The van der Waals surface area contributed by atoms with E-state index in [0.717, 1.165) is 25.6 Å². The Morgan fingerprint density at radius 1 is 1.55 bits per heavy atom. The minimum Gasteiger partial charge on any atom is -0.354 e. The Balaban J connectivity index is 1.64. The minimum atomic E-state index is 0.0809. The zero-order valence-electron chi connectivity index (χ0n) is 12.5. The molecule has 112 valence electrons. The standard InChI is InChI=1S/C14H25N5O/c1-12-4-3-6-18(9-12)13(2)8-16-14(20)5-7-19-11-15-10-17-19/h10-13H,3-9H2,1-2H3,(H,16,20)/t12-,13+/m1/s1. The van der Waals surface area contributed by atoms with Gasteiger partial charge in [-0.3, -0.25) is 14.4 Å². The third-order valence-corrected chi connectivity index (χ3v) is 3.94. The van der Waals surface area contributed by atoms with Crippen molar-refractivity contribution in [1.82, 2.24) is 25.0 Å². The lowest BCUT2D eigenvalue weighted by Crippen LogP contribution is -2.46. The second-order valence-corrected chi connectivity index (χ2v) is 5.80. The first-order valence-corrected chi connectivity index (χ1v) is 7.48. The number of amides is 1. The first-order valence-electron chi connectivity index (χ1n) is 7.48. The van der Waals surface area contributed by atoms with E-state index in [1.807, 2.05) is 0 Å². The first kappa shape index (κ1) is 15.0. The maximum absolute atomic E-state index is 11.8. The van der Waals surface area contributed by atoms with Crippen LogP contribution in [-0.2, 0) is 11.3 Å². The van der Waals surface area contributed by atoms with Crippen LogP contribution in [-0.4, -0.2) is 51.2 Å². The topological polar surface area (TPSA) is 63.1 Å². The first-order chi connectivity index (χ1) is 9.65. The van der Waals surface area contributed by atoms with Crippen LogP contribution in [0.25, 0.3) is 0 Å². The summed E-state index contributed by atoms with van der Waals surface area (Å²) in [4.78, 5) is 18.1. The Morgan fingerprint density at radius 2 is 2.40 bits per heavy atom. The zero-order valence-corrected chi connectivity index (χ0v) is 12.5. The molecule has 1 saturated heterocycles. The molecule has 0 saturated carbocycles. The molecule has 20 heavy (non-hydrogen) atoms. The Bertz CT molecular complexity index is 406. The van der Waals surface area contributed by atoms with Gasteiger partial charge in [-0.2, -0.15) is 5.10 Å². The third-order valence-electron chi connectivity index (χ3n) is 3.94. The van der Waals surface area contributed by atoms with Crippen molar-refractivity contribution in [3.05, 3.63) is 12.7 Å². The molecular weight excluding hydrogens is 254 g/mol. The van der Waals surface area contributed by atoms with Crippen molar-refractivity contribution in [2.45, 2.75) is 45.7 Å². The van der Waals surface area contributed by atoms with Gasteiger partial charge in [-0.15, -0.1) is 0 Å². The Hall–Kier alpha value is -1.43. The van der Waals surface area contributed by atoms with Gasteiger partial charge < -0.3 is 5.32 Å². The van der Waals surface area contributed by atoms with Gasteiger partial charge in [-0.1, -0.05) is 6.92 Å². The number of nitrogens with one attached hydrogen (secondary N) is 1. The summed E-state index contributed by atoms with van der Waals surface area (Å²) in [6.45, 7) is 8.10. The second kappa shape index (κ2) is 7.38. The molecule has 1 aliphatic heterocycles. The van der Waals surface area contributed by atoms with Crippen LogP contribution in [0.3, 0.4) is 0 Å². The number of hydrogen-bond donors (Lipinski definition) is 1. The van der Waals surface area contributed by atoms with E-state index < -0.39 is 0 Å². The summed E-state index contributed by atoms with van der Waals surface area (Å²) < 4.78 is 1.68. The van der Waals surface area contributed by atoms with E-state index in [-0.39, 0.29) is 5.91 Å². The van der Waals surface area contributed by atoms with Crippen molar-refractivity contribution in [1.29, 1.82) is 0 Å². The van der Waals surface area contributed by atoms with Crippen molar-refractivity contribution >= 4 is 5.91 Å². The number of likely N-dealkylation sites (tertiary alicyclic amines) is 1. The summed E-state index contributed by atoms with van der Waals surface area (Å²) in [5.41, 5.74) is 0.